The normalized spacial score (nSPS) is 9.94. The van der Waals surface area contributed by atoms with Gasteiger partial charge >= 0.3 is 12.0 Å². The lowest BCUT2D eigenvalue weighted by Crippen LogP contribution is -2.42. The average Bonchev–Trinajstić information content (AvgIpc) is 2.23. The Labute approximate surface area is 106 Å². The molecule has 0 bridgehead atoms. The summed E-state index contributed by atoms with van der Waals surface area (Å²) in [6.07, 6.45) is 0.239. The first kappa shape index (κ1) is 16.0. The van der Waals surface area contributed by atoms with Crippen molar-refractivity contribution in [1.29, 1.82) is 0 Å². The van der Waals surface area contributed by atoms with Crippen LogP contribution in [0.25, 0.3) is 0 Å². The summed E-state index contributed by atoms with van der Waals surface area (Å²) in [7, 11) is 0. The molecule has 0 heterocycles. The van der Waals surface area contributed by atoms with Crippen LogP contribution in [0.2, 0.25) is 0 Å². The Morgan fingerprint density at radius 1 is 1.28 bits per heavy atom. The minimum absolute atomic E-state index is 0.259. The van der Waals surface area contributed by atoms with E-state index in [-0.39, 0.29) is 6.42 Å². The van der Waals surface area contributed by atoms with E-state index >= 15 is 0 Å². The van der Waals surface area contributed by atoms with E-state index in [0.29, 0.717) is 13.0 Å². The van der Waals surface area contributed by atoms with E-state index in [1.807, 2.05) is 0 Å². The zero-order chi connectivity index (χ0) is 14.2. The first-order valence-corrected chi connectivity index (χ1v) is 5.50. The highest BCUT2D eigenvalue weighted by Crippen LogP contribution is 2.19. The van der Waals surface area contributed by atoms with Crippen molar-refractivity contribution in [3.63, 3.8) is 0 Å². The number of amides is 3. The van der Waals surface area contributed by atoms with E-state index in [1.54, 1.807) is 6.92 Å². The molecule has 0 saturated carbocycles. The highest BCUT2D eigenvalue weighted by molar-refractivity contribution is 5.96. The summed E-state index contributed by atoms with van der Waals surface area (Å²) in [6, 6.07) is -0.640. The van der Waals surface area contributed by atoms with Gasteiger partial charge in [0, 0.05) is 19.4 Å². The first-order valence-electron chi connectivity index (χ1n) is 5.50. The smallest absolute Gasteiger partial charge is 0.321 e. The number of nitrogens with one attached hydrogen (secondary N) is 2. The molecule has 3 N–H and O–H groups in total. The van der Waals surface area contributed by atoms with Crippen molar-refractivity contribution >= 4 is 17.9 Å². The van der Waals surface area contributed by atoms with E-state index in [0.717, 1.165) is 0 Å². The average molecular weight is 254 g/mol. The van der Waals surface area contributed by atoms with Gasteiger partial charge in [-0.25, -0.2) is 4.79 Å². The lowest BCUT2D eigenvalue weighted by Gasteiger charge is -2.17. The summed E-state index contributed by atoms with van der Waals surface area (Å²) in [5.41, 5.74) is -1.20. The summed E-state index contributed by atoms with van der Waals surface area (Å²) in [6.45, 7) is 4.87. The van der Waals surface area contributed by atoms with Crippen LogP contribution in [0.5, 0.6) is 0 Å². The van der Waals surface area contributed by atoms with Crippen molar-refractivity contribution in [3.8, 4) is 11.8 Å². The molecule has 6 heteroatoms. The zero-order valence-corrected chi connectivity index (χ0v) is 10.8. The molecule has 0 fully saturated rings. The van der Waals surface area contributed by atoms with Crippen LogP contribution in [0.3, 0.4) is 0 Å². The third-order valence-corrected chi connectivity index (χ3v) is 2.15. The minimum Gasteiger partial charge on any atom is -0.481 e. The molecule has 0 saturated heterocycles. The van der Waals surface area contributed by atoms with Gasteiger partial charge in [0.25, 0.3) is 0 Å². The maximum Gasteiger partial charge on any atom is 0.321 e. The highest BCUT2D eigenvalue weighted by Gasteiger charge is 2.30. The standard InChI is InChI=1S/C12H18N2O4/c1-4-5-6-7-13-11(18)14-9(15)8-12(2,3)10(16)17/h6-8H2,1-3H3,(H,16,17)(H2,13,14,15,18). The summed E-state index contributed by atoms with van der Waals surface area (Å²) < 4.78 is 0. The fraction of sp³-hybridized carbons (Fsp3) is 0.583. The van der Waals surface area contributed by atoms with E-state index in [2.05, 4.69) is 22.5 Å². The fourth-order valence-electron chi connectivity index (χ4n) is 1.06. The van der Waals surface area contributed by atoms with Crippen LogP contribution in [0.1, 0.15) is 33.6 Å². The number of carboxylic acids is 1. The molecular formula is C12H18N2O4. The van der Waals surface area contributed by atoms with Gasteiger partial charge in [-0.2, -0.15) is 0 Å². The number of urea groups is 1. The second kappa shape index (κ2) is 7.33. The number of imide groups is 1. The lowest BCUT2D eigenvalue weighted by atomic mass is 9.89. The molecule has 100 valence electrons. The minimum atomic E-state index is -1.20. The Morgan fingerprint density at radius 3 is 2.39 bits per heavy atom. The number of carbonyl (C=O) groups is 3. The summed E-state index contributed by atoms with van der Waals surface area (Å²) in [4.78, 5) is 33.4. The quantitative estimate of drug-likeness (QED) is 0.497. The van der Waals surface area contributed by atoms with Crippen LogP contribution in [-0.4, -0.2) is 29.6 Å². The van der Waals surface area contributed by atoms with Gasteiger partial charge in [-0.1, -0.05) is 0 Å². The number of hydrogen-bond acceptors (Lipinski definition) is 3. The predicted octanol–water partition coefficient (Wildman–Crippen LogP) is 0.726. The maximum atomic E-state index is 11.4. The van der Waals surface area contributed by atoms with E-state index in [4.69, 9.17) is 5.11 Å². The van der Waals surface area contributed by atoms with Crippen LogP contribution in [0.15, 0.2) is 0 Å². The van der Waals surface area contributed by atoms with Gasteiger partial charge in [-0.05, 0) is 20.8 Å². The molecule has 0 aliphatic carbocycles. The molecule has 3 amide bonds. The topological polar surface area (TPSA) is 95.5 Å². The molecule has 0 atom stereocenters. The molecule has 18 heavy (non-hydrogen) atoms. The van der Waals surface area contributed by atoms with Gasteiger partial charge in [0.15, 0.2) is 0 Å². The van der Waals surface area contributed by atoms with Gasteiger partial charge in [-0.15, -0.1) is 11.8 Å². The first-order chi connectivity index (χ1) is 8.29. The second-order valence-electron chi connectivity index (χ2n) is 4.35. The van der Waals surface area contributed by atoms with Crippen molar-refractivity contribution in [2.45, 2.75) is 33.6 Å². The predicted molar refractivity (Wildman–Crippen MR) is 65.6 cm³/mol. The van der Waals surface area contributed by atoms with Gasteiger partial charge in [0.2, 0.25) is 5.91 Å². The Bertz CT molecular complexity index is 391. The van der Waals surface area contributed by atoms with Crippen molar-refractivity contribution in [3.05, 3.63) is 0 Å². The second-order valence-corrected chi connectivity index (χ2v) is 4.35. The van der Waals surface area contributed by atoms with Crippen LogP contribution in [0, 0.1) is 17.3 Å². The Hall–Kier alpha value is -2.03. The molecule has 0 rings (SSSR count). The fourth-order valence-corrected chi connectivity index (χ4v) is 1.06. The van der Waals surface area contributed by atoms with Crippen molar-refractivity contribution in [2.24, 2.45) is 5.41 Å². The molecule has 0 aromatic carbocycles. The Balaban J connectivity index is 4.04. The SMILES string of the molecule is CC#CCCNC(=O)NC(=O)CC(C)(C)C(=O)O. The number of carbonyl (C=O) groups excluding carboxylic acids is 2. The Morgan fingerprint density at radius 2 is 1.89 bits per heavy atom. The molecule has 0 aromatic rings. The van der Waals surface area contributed by atoms with Crippen LogP contribution in [0.4, 0.5) is 4.79 Å². The number of carboxylic acid groups (broad SMARTS) is 1. The van der Waals surface area contributed by atoms with Crippen molar-refractivity contribution in [2.75, 3.05) is 6.54 Å². The molecule has 0 aliphatic heterocycles. The Kier molecular flexibility index (Phi) is 6.50. The third-order valence-electron chi connectivity index (χ3n) is 2.15. The number of aliphatic carboxylic acids is 1. The maximum absolute atomic E-state index is 11.4. The molecule has 0 spiro atoms. The largest absolute Gasteiger partial charge is 0.481 e. The number of rotatable bonds is 5. The zero-order valence-electron chi connectivity index (χ0n) is 10.8. The van der Waals surface area contributed by atoms with Crippen LogP contribution in [-0.2, 0) is 9.59 Å². The van der Waals surface area contributed by atoms with E-state index in [9.17, 15) is 14.4 Å². The monoisotopic (exact) mass is 254 g/mol. The molecule has 0 aliphatic rings. The van der Waals surface area contributed by atoms with E-state index in [1.165, 1.54) is 13.8 Å². The van der Waals surface area contributed by atoms with Gasteiger partial charge < -0.3 is 10.4 Å². The molecule has 0 aromatic heterocycles. The lowest BCUT2D eigenvalue weighted by molar-refractivity contribution is -0.149. The molecule has 0 unspecified atom stereocenters. The van der Waals surface area contributed by atoms with Crippen molar-refractivity contribution in [1.82, 2.24) is 10.6 Å². The summed E-state index contributed by atoms with van der Waals surface area (Å²) in [5, 5.41) is 13.3. The summed E-state index contributed by atoms with van der Waals surface area (Å²) in [5.74, 6) is 3.72. The van der Waals surface area contributed by atoms with Gasteiger partial charge in [-0.3, -0.25) is 14.9 Å². The molecule has 6 nitrogen and oxygen atoms in total. The molecule has 0 radical (unpaired) electrons. The van der Waals surface area contributed by atoms with Crippen LogP contribution < -0.4 is 10.6 Å². The van der Waals surface area contributed by atoms with Gasteiger partial charge in [0.1, 0.15) is 0 Å². The van der Waals surface area contributed by atoms with Gasteiger partial charge in [0.05, 0.1) is 5.41 Å². The van der Waals surface area contributed by atoms with E-state index < -0.39 is 23.3 Å². The third kappa shape index (κ3) is 6.53. The highest BCUT2D eigenvalue weighted by atomic mass is 16.4. The molecular weight excluding hydrogens is 236 g/mol. The number of hydrogen-bond donors (Lipinski definition) is 3. The van der Waals surface area contributed by atoms with Crippen molar-refractivity contribution < 1.29 is 19.5 Å². The van der Waals surface area contributed by atoms with Crippen LogP contribution >= 0.6 is 0 Å². The summed E-state index contributed by atoms with van der Waals surface area (Å²) >= 11 is 0.